The second-order valence-electron chi connectivity index (χ2n) is 6.64. The minimum atomic E-state index is 0.0382. The Morgan fingerprint density at radius 3 is 2.50 bits per heavy atom. The highest BCUT2D eigenvalue weighted by molar-refractivity contribution is 5.92. The summed E-state index contributed by atoms with van der Waals surface area (Å²) >= 11 is 0. The molecule has 0 aromatic heterocycles. The van der Waals surface area contributed by atoms with Gasteiger partial charge in [-0.3, -0.25) is 9.69 Å². The van der Waals surface area contributed by atoms with Gasteiger partial charge in [-0.2, -0.15) is 0 Å². The lowest BCUT2D eigenvalue weighted by atomic mass is 9.77. The van der Waals surface area contributed by atoms with Crippen molar-refractivity contribution in [1.29, 1.82) is 0 Å². The number of carbonyl (C=O) groups excluding carboxylic acids is 1. The minimum Gasteiger partial charge on any atom is -0.396 e. The van der Waals surface area contributed by atoms with Crippen molar-refractivity contribution in [2.24, 2.45) is 5.41 Å². The van der Waals surface area contributed by atoms with Crippen molar-refractivity contribution in [1.82, 2.24) is 4.90 Å². The summed E-state index contributed by atoms with van der Waals surface area (Å²) in [6.45, 7) is 8.71. The fourth-order valence-electron chi connectivity index (χ4n) is 3.03. The number of aryl methyl sites for hydroxylation is 2. The molecule has 122 valence electrons. The molecule has 4 nitrogen and oxygen atoms in total. The third-order valence-corrected chi connectivity index (χ3v) is 5.16. The Kier molecular flexibility index (Phi) is 5.59. The highest BCUT2D eigenvalue weighted by atomic mass is 16.3. The van der Waals surface area contributed by atoms with E-state index in [-0.39, 0.29) is 17.9 Å². The molecule has 1 aromatic rings. The average molecular weight is 304 g/mol. The maximum atomic E-state index is 12.2. The standard InChI is InChI=1S/C18H28N2O2/c1-4-18(13-21)7-9-20(10-8-18)12-17(22)19-16-6-5-14(2)15(3)11-16/h5-6,11,21H,4,7-10,12-13H2,1-3H3,(H,19,22). The molecule has 2 rings (SSSR count). The van der Waals surface area contributed by atoms with E-state index in [9.17, 15) is 9.90 Å². The minimum absolute atomic E-state index is 0.0382. The zero-order valence-electron chi connectivity index (χ0n) is 14.0. The normalized spacial score (nSPS) is 18.2. The third kappa shape index (κ3) is 4.08. The predicted molar refractivity (Wildman–Crippen MR) is 90.0 cm³/mol. The third-order valence-electron chi connectivity index (χ3n) is 5.16. The first-order chi connectivity index (χ1) is 10.5. The fourth-order valence-corrected chi connectivity index (χ4v) is 3.03. The lowest BCUT2D eigenvalue weighted by Crippen LogP contribution is -2.44. The number of benzene rings is 1. The number of aliphatic hydroxyl groups is 1. The van der Waals surface area contributed by atoms with Crippen LogP contribution < -0.4 is 5.32 Å². The van der Waals surface area contributed by atoms with Gasteiger partial charge in [-0.15, -0.1) is 0 Å². The lowest BCUT2D eigenvalue weighted by Gasteiger charge is -2.39. The number of likely N-dealkylation sites (tertiary alicyclic amines) is 1. The highest BCUT2D eigenvalue weighted by Crippen LogP contribution is 2.34. The van der Waals surface area contributed by atoms with E-state index in [4.69, 9.17) is 0 Å². The van der Waals surface area contributed by atoms with Crippen molar-refractivity contribution in [2.45, 2.75) is 40.0 Å². The van der Waals surface area contributed by atoms with Gasteiger partial charge in [-0.05, 0) is 74.9 Å². The number of amides is 1. The first kappa shape index (κ1) is 17.0. The molecular weight excluding hydrogens is 276 g/mol. The molecule has 2 N–H and O–H groups in total. The summed E-state index contributed by atoms with van der Waals surface area (Å²) in [5.74, 6) is 0.0382. The van der Waals surface area contributed by atoms with E-state index in [2.05, 4.69) is 31.0 Å². The van der Waals surface area contributed by atoms with Gasteiger partial charge in [0, 0.05) is 12.3 Å². The first-order valence-corrected chi connectivity index (χ1v) is 8.18. The van der Waals surface area contributed by atoms with Gasteiger partial charge in [-0.1, -0.05) is 13.0 Å². The quantitative estimate of drug-likeness (QED) is 0.879. The number of hydrogen-bond donors (Lipinski definition) is 2. The Morgan fingerprint density at radius 2 is 1.95 bits per heavy atom. The van der Waals surface area contributed by atoms with Gasteiger partial charge >= 0.3 is 0 Å². The predicted octanol–water partition coefficient (Wildman–Crippen LogP) is 2.73. The van der Waals surface area contributed by atoms with Gasteiger partial charge in [-0.25, -0.2) is 0 Å². The van der Waals surface area contributed by atoms with E-state index in [0.29, 0.717) is 6.54 Å². The molecule has 0 atom stereocenters. The van der Waals surface area contributed by atoms with Crippen molar-refractivity contribution >= 4 is 11.6 Å². The van der Waals surface area contributed by atoms with E-state index < -0.39 is 0 Å². The van der Waals surface area contributed by atoms with E-state index in [0.717, 1.165) is 38.0 Å². The second kappa shape index (κ2) is 7.25. The van der Waals surface area contributed by atoms with Crippen LogP contribution in [0.1, 0.15) is 37.3 Å². The van der Waals surface area contributed by atoms with Crippen molar-refractivity contribution in [3.05, 3.63) is 29.3 Å². The van der Waals surface area contributed by atoms with E-state index in [1.807, 2.05) is 18.2 Å². The molecule has 0 saturated carbocycles. The molecule has 1 amide bonds. The molecule has 0 bridgehead atoms. The Labute approximate surface area is 133 Å². The van der Waals surface area contributed by atoms with Crippen LogP contribution in [0.15, 0.2) is 18.2 Å². The zero-order chi connectivity index (χ0) is 16.2. The molecule has 0 unspecified atom stereocenters. The van der Waals surface area contributed by atoms with Crippen molar-refractivity contribution in [3.8, 4) is 0 Å². The van der Waals surface area contributed by atoms with Crippen LogP contribution in [-0.2, 0) is 4.79 Å². The monoisotopic (exact) mass is 304 g/mol. The fraction of sp³-hybridized carbons (Fsp3) is 0.611. The molecular formula is C18H28N2O2. The highest BCUT2D eigenvalue weighted by Gasteiger charge is 2.32. The van der Waals surface area contributed by atoms with Crippen molar-refractivity contribution < 1.29 is 9.90 Å². The Bertz CT molecular complexity index is 514. The molecule has 1 fully saturated rings. The molecule has 1 aromatic carbocycles. The number of rotatable bonds is 5. The summed E-state index contributed by atoms with van der Waals surface area (Å²) < 4.78 is 0. The molecule has 1 aliphatic rings. The SMILES string of the molecule is CCC1(CO)CCN(CC(=O)Nc2ccc(C)c(C)c2)CC1. The lowest BCUT2D eigenvalue weighted by molar-refractivity contribution is -0.118. The van der Waals surface area contributed by atoms with E-state index in [1.54, 1.807) is 0 Å². The number of carbonyl (C=O) groups is 1. The molecule has 1 aliphatic heterocycles. The number of aliphatic hydroxyl groups excluding tert-OH is 1. The van der Waals surface area contributed by atoms with Gasteiger partial charge in [0.2, 0.25) is 5.91 Å². The van der Waals surface area contributed by atoms with Gasteiger partial charge in [0.05, 0.1) is 6.54 Å². The number of nitrogens with one attached hydrogen (secondary N) is 1. The number of nitrogens with zero attached hydrogens (tertiary/aromatic N) is 1. The molecule has 0 spiro atoms. The molecule has 0 radical (unpaired) electrons. The first-order valence-electron chi connectivity index (χ1n) is 8.18. The summed E-state index contributed by atoms with van der Waals surface area (Å²) in [6, 6.07) is 5.99. The van der Waals surface area contributed by atoms with Crippen molar-refractivity contribution in [3.63, 3.8) is 0 Å². The summed E-state index contributed by atoms with van der Waals surface area (Å²) in [6.07, 6.45) is 2.94. The molecule has 1 saturated heterocycles. The summed E-state index contributed by atoms with van der Waals surface area (Å²) in [4.78, 5) is 14.4. The second-order valence-corrected chi connectivity index (χ2v) is 6.64. The van der Waals surface area contributed by atoms with Crippen LogP contribution in [0.25, 0.3) is 0 Å². The van der Waals surface area contributed by atoms with Crippen LogP contribution in [0.5, 0.6) is 0 Å². The Hall–Kier alpha value is -1.39. The Morgan fingerprint density at radius 1 is 1.27 bits per heavy atom. The topological polar surface area (TPSA) is 52.6 Å². The average Bonchev–Trinajstić information content (AvgIpc) is 2.52. The molecule has 1 heterocycles. The van der Waals surface area contributed by atoms with Crippen molar-refractivity contribution in [2.75, 3.05) is 31.6 Å². The van der Waals surface area contributed by atoms with Gasteiger partial charge in [0.15, 0.2) is 0 Å². The van der Waals surface area contributed by atoms with E-state index >= 15 is 0 Å². The molecule has 4 heteroatoms. The van der Waals surface area contributed by atoms with Crippen LogP contribution in [0, 0.1) is 19.3 Å². The maximum Gasteiger partial charge on any atom is 0.238 e. The maximum absolute atomic E-state index is 12.2. The van der Waals surface area contributed by atoms with Crippen LogP contribution in [0.4, 0.5) is 5.69 Å². The molecule has 22 heavy (non-hydrogen) atoms. The number of anilines is 1. The summed E-state index contributed by atoms with van der Waals surface area (Å²) in [7, 11) is 0. The Balaban J connectivity index is 1.84. The summed E-state index contributed by atoms with van der Waals surface area (Å²) in [5, 5.41) is 12.5. The smallest absolute Gasteiger partial charge is 0.238 e. The van der Waals surface area contributed by atoms with Crippen LogP contribution in [-0.4, -0.2) is 42.2 Å². The van der Waals surface area contributed by atoms with Gasteiger partial charge in [0.1, 0.15) is 0 Å². The van der Waals surface area contributed by atoms with Gasteiger partial charge in [0.25, 0.3) is 0 Å². The van der Waals surface area contributed by atoms with Gasteiger partial charge < -0.3 is 10.4 Å². The largest absolute Gasteiger partial charge is 0.396 e. The van der Waals surface area contributed by atoms with Crippen LogP contribution in [0.2, 0.25) is 0 Å². The van der Waals surface area contributed by atoms with E-state index in [1.165, 1.54) is 11.1 Å². The zero-order valence-corrected chi connectivity index (χ0v) is 14.0. The summed E-state index contributed by atoms with van der Waals surface area (Å²) in [5.41, 5.74) is 3.35. The van der Waals surface area contributed by atoms with Crippen LogP contribution >= 0.6 is 0 Å². The number of hydrogen-bond acceptors (Lipinski definition) is 3. The number of piperidine rings is 1. The van der Waals surface area contributed by atoms with Crippen LogP contribution in [0.3, 0.4) is 0 Å². The molecule has 0 aliphatic carbocycles.